The SMILES string of the molecule is CCCCCS(C)(CC)OS(=O)(=O)C(F)(F)C(F)(F)C(F)(F)C(F)(F)F. The summed E-state index contributed by atoms with van der Waals surface area (Å²) in [6, 6.07) is 0. The van der Waals surface area contributed by atoms with Gasteiger partial charge in [-0.05, 0) is 18.4 Å². The van der Waals surface area contributed by atoms with Gasteiger partial charge in [0, 0.05) is 5.75 Å². The van der Waals surface area contributed by atoms with Crippen LogP contribution in [-0.2, 0) is 13.7 Å². The lowest BCUT2D eigenvalue weighted by Gasteiger charge is -2.37. The van der Waals surface area contributed by atoms with Crippen molar-refractivity contribution in [1.29, 1.82) is 0 Å². The largest absolute Gasteiger partial charge is 0.460 e. The molecule has 0 spiro atoms. The summed E-state index contributed by atoms with van der Waals surface area (Å²) >= 11 is 0. The summed E-state index contributed by atoms with van der Waals surface area (Å²) in [5, 5.41) is -6.80. The highest BCUT2D eigenvalue weighted by Crippen LogP contribution is 2.58. The van der Waals surface area contributed by atoms with Gasteiger partial charge in [-0.15, -0.1) is 10.3 Å². The molecular formula is C12H19F9O3S2. The monoisotopic (exact) mass is 446 g/mol. The number of rotatable bonds is 10. The fraction of sp³-hybridized carbons (Fsp3) is 1.00. The van der Waals surface area contributed by atoms with Crippen LogP contribution in [0.4, 0.5) is 39.5 Å². The summed E-state index contributed by atoms with van der Waals surface area (Å²) in [6.45, 7) is 3.04. The molecule has 0 heterocycles. The third-order valence-electron chi connectivity index (χ3n) is 3.47. The summed E-state index contributed by atoms with van der Waals surface area (Å²) in [5.41, 5.74) is 0. The predicted octanol–water partition coefficient (Wildman–Crippen LogP) is 5.32. The molecule has 0 radical (unpaired) electrons. The van der Waals surface area contributed by atoms with Gasteiger partial charge in [-0.25, -0.2) is 3.63 Å². The smallest absolute Gasteiger partial charge is 0.215 e. The van der Waals surface area contributed by atoms with E-state index in [1.165, 1.54) is 6.92 Å². The van der Waals surface area contributed by atoms with Crippen molar-refractivity contribution in [3.05, 3.63) is 0 Å². The Morgan fingerprint density at radius 3 is 1.62 bits per heavy atom. The van der Waals surface area contributed by atoms with Gasteiger partial charge in [-0.2, -0.15) is 47.9 Å². The van der Waals surface area contributed by atoms with Gasteiger partial charge >= 0.3 is 33.4 Å². The normalized spacial score (nSPS) is 18.5. The van der Waals surface area contributed by atoms with Gasteiger partial charge < -0.3 is 0 Å². The van der Waals surface area contributed by atoms with Crippen LogP contribution in [0.5, 0.6) is 0 Å². The van der Waals surface area contributed by atoms with E-state index in [1.54, 1.807) is 6.92 Å². The van der Waals surface area contributed by atoms with Gasteiger partial charge in [0.2, 0.25) is 0 Å². The molecule has 0 aliphatic heterocycles. The first kappa shape index (κ1) is 25.6. The van der Waals surface area contributed by atoms with Gasteiger partial charge in [0.1, 0.15) is 0 Å². The molecule has 1 unspecified atom stereocenters. The standard InChI is InChI=1S/C12H19F9O3S2/c1-4-6-7-8-25(3,5-2)24-26(22,23)12(20,21)10(15,16)9(13,14)11(17,18)19/h4-8H2,1-3H3. The molecule has 0 fully saturated rings. The molecule has 0 rings (SSSR count). The zero-order chi connectivity index (χ0) is 21.2. The number of hydrogen-bond donors (Lipinski definition) is 0. The van der Waals surface area contributed by atoms with E-state index in [1.807, 2.05) is 0 Å². The predicted molar refractivity (Wildman–Crippen MR) is 79.3 cm³/mol. The molecule has 14 heteroatoms. The minimum absolute atomic E-state index is 0.131. The second-order valence-electron chi connectivity index (χ2n) is 5.57. The fourth-order valence-corrected chi connectivity index (χ4v) is 5.94. The van der Waals surface area contributed by atoms with E-state index in [0.717, 1.165) is 6.26 Å². The third kappa shape index (κ3) is 4.72. The van der Waals surface area contributed by atoms with Crippen LogP contribution in [0.2, 0.25) is 0 Å². The minimum atomic E-state index is -7.29. The Labute approximate surface area is 146 Å². The summed E-state index contributed by atoms with van der Waals surface area (Å²) in [6.07, 6.45) is -4.64. The molecule has 0 bridgehead atoms. The Bertz CT molecular complexity index is 575. The first-order valence-corrected chi connectivity index (χ1v) is 10.9. The maximum absolute atomic E-state index is 13.6. The average Bonchev–Trinajstić information content (AvgIpc) is 2.45. The number of halogens is 9. The molecule has 0 N–H and O–H groups in total. The topological polar surface area (TPSA) is 43.4 Å². The summed E-state index contributed by atoms with van der Waals surface area (Å²) in [7, 11) is -9.75. The maximum atomic E-state index is 13.6. The quantitative estimate of drug-likeness (QED) is 0.337. The molecule has 0 saturated carbocycles. The molecule has 0 amide bonds. The number of alkyl halides is 9. The van der Waals surface area contributed by atoms with E-state index in [0.29, 0.717) is 12.8 Å². The Kier molecular flexibility index (Phi) is 7.82. The van der Waals surface area contributed by atoms with Crippen LogP contribution in [-0.4, -0.2) is 49.5 Å². The minimum Gasteiger partial charge on any atom is -0.215 e. The van der Waals surface area contributed by atoms with Crippen molar-refractivity contribution in [1.82, 2.24) is 0 Å². The van der Waals surface area contributed by atoms with E-state index in [4.69, 9.17) is 0 Å². The van der Waals surface area contributed by atoms with Crippen LogP contribution in [0.15, 0.2) is 0 Å². The van der Waals surface area contributed by atoms with Crippen LogP contribution in [0, 0.1) is 0 Å². The molecule has 0 aromatic rings. The van der Waals surface area contributed by atoms with Gasteiger partial charge in [0.05, 0.1) is 0 Å². The lowest BCUT2D eigenvalue weighted by atomic mass is 10.1. The Morgan fingerprint density at radius 2 is 1.27 bits per heavy atom. The van der Waals surface area contributed by atoms with Crippen molar-refractivity contribution in [2.75, 3.05) is 17.8 Å². The fourth-order valence-electron chi connectivity index (χ4n) is 1.66. The molecule has 0 aliphatic carbocycles. The second kappa shape index (κ2) is 7.94. The van der Waals surface area contributed by atoms with Crippen LogP contribution >= 0.6 is 10.3 Å². The van der Waals surface area contributed by atoms with Crippen molar-refractivity contribution in [3.8, 4) is 0 Å². The van der Waals surface area contributed by atoms with E-state index in [2.05, 4.69) is 3.63 Å². The average molecular weight is 446 g/mol. The van der Waals surface area contributed by atoms with Crippen molar-refractivity contribution >= 4 is 20.4 Å². The van der Waals surface area contributed by atoms with Crippen LogP contribution in [0.3, 0.4) is 0 Å². The van der Waals surface area contributed by atoms with E-state index < -0.39 is 43.7 Å². The Morgan fingerprint density at radius 1 is 0.808 bits per heavy atom. The summed E-state index contributed by atoms with van der Waals surface area (Å²) < 4.78 is 143. The first-order chi connectivity index (χ1) is 11.3. The molecule has 0 aromatic carbocycles. The zero-order valence-electron chi connectivity index (χ0n) is 14.0. The highest BCUT2D eigenvalue weighted by molar-refractivity contribution is 8.32. The van der Waals surface area contributed by atoms with Gasteiger partial charge in [0.15, 0.2) is 0 Å². The van der Waals surface area contributed by atoms with E-state index >= 15 is 0 Å². The molecule has 26 heavy (non-hydrogen) atoms. The van der Waals surface area contributed by atoms with Crippen molar-refractivity contribution in [2.24, 2.45) is 0 Å². The highest BCUT2D eigenvalue weighted by atomic mass is 32.3. The Hall–Kier alpha value is -0.370. The van der Waals surface area contributed by atoms with Crippen molar-refractivity contribution in [3.63, 3.8) is 0 Å². The maximum Gasteiger partial charge on any atom is 0.460 e. The Balaban J connectivity index is 5.88. The summed E-state index contributed by atoms with van der Waals surface area (Å²) in [4.78, 5) is 0. The molecule has 0 aromatic heterocycles. The molecule has 0 aliphatic rings. The van der Waals surface area contributed by atoms with Crippen molar-refractivity contribution in [2.45, 2.75) is 56.4 Å². The lowest BCUT2D eigenvalue weighted by Crippen LogP contribution is -2.63. The lowest BCUT2D eigenvalue weighted by molar-refractivity contribution is -0.382. The molecule has 1 atom stereocenters. The van der Waals surface area contributed by atoms with Gasteiger partial charge in [0.25, 0.3) is 0 Å². The van der Waals surface area contributed by atoms with Gasteiger partial charge in [-0.3, -0.25) is 0 Å². The van der Waals surface area contributed by atoms with Crippen LogP contribution in [0.25, 0.3) is 0 Å². The zero-order valence-corrected chi connectivity index (χ0v) is 15.6. The van der Waals surface area contributed by atoms with Crippen LogP contribution < -0.4 is 0 Å². The number of hydrogen-bond acceptors (Lipinski definition) is 3. The van der Waals surface area contributed by atoms with E-state index in [-0.39, 0.29) is 17.9 Å². The summed E-state index contributed by atoms with van der Waals surface area (Å²) in [5.74, 6) is -14.9. The first-order valence-electron chi connectivity index (χ1n) is 7.22. The highest BCUT2D eigenvalue weighted by Gasteiger charge is 2.86. The van der Waals surface area contributed by atoms with Crippen molar-refractivity contribution < 1.29 is 51.6 Å². The third-order valence-corrected chi connectivity index (χ3v) is 8.76. The molecular weight excluding hydrogens is 427 g/mol. The second-order valence-corrected chi connectivity index (χ2v) is 10.9. The molecule has 3 nitrogen and oxygen atoms in total. The number of unbranched alkanes of at least 4 members (excludes halogenated alkanes) is 2. The molecule has 0 saturated heterocycles. The van der Waals surface area contributed by atoms with Gasteiger partial charge in [-0.1, -0.05) is 26.7 Å². The van der Waals surface area contributed by atoms with E-state index in [9.17, 15) is 47.9 Å². The molecule has 160 valence electrons. The van der Waals surface area contributed by atoms with Crippen LogP contribution in [0.1, 0.15) is 33.1 Å².